The number of rotatable bonds is 4. The van der Waals surface area contributed by atoms with Crippen molar-refractivity contribution >= 4 is 43.6 Å². The molecule has 0 fully saturated rings. The number of hydrogen-bond donors (Lipinski definition) is 0. The maximum absolute atomic E-state index is 14.8. The zero-order valence-electron chi connectivity index (χ0n) is 27.7. The van der Waals surface area contributed by atoms with Gasteiger partial charge in [0.15, 0.2) is 11.6 Å². The van der Waals surface area contributed by atoms with Gasteiger partial charge in [0.2, 0.25) is 5.95 Å². The molecule has 0 N–H and O–H groups in total. The van der Waals surface area contributed by atoms with E-state index in [-0.39, 0.29) is 17.1 Å². The van der Waals surface area contributed by atoms with Gasteiger partial charge in [-0.15, -0.1) is 0 Å². The molecule has 0 aliphatic heterocycles. The van der Waals surface area contributed by atoms with Crippen molar-refractivity contribution < 1.29 is 26.3 Å². The minimum Gasteiger partial charge on any atom is -0.307 e. The molecule has 3 aromatic heterocycles. The highest BCUT2D eigenvalue weighted by Crippen LogP contribution is 2.45. The number of aromatic nitrogens is 5. The number of hydrogen-bond acceptors (Lipinski definition) is 4. The Labute approximate surface area is 301 Å². The molecule has 6 aromatic carbocycles. The lowest BCUT2D eigenvalue weighted by atomic mass is 10.0. The number of para-hydroxylation sites is 2. The van der Waals surface area contributed by atoms with Crippen LogP contribution in [0.4, 0.5) is 26.3 Å². The second-order valence-corrected chi connectivity index (χ2v) is 12.6. The second-order valence-electron chi connectivity index (χ2n) is 12.6. The molecule has 9 rings (SSSR count). The predicted molar refractivity (Wildman–Crippen MR) is 194 cm³/mol. The van der Waals surface area contributed by atoms with Crippen molar-refractivity contribution in [2.45, 2.75) is 12.4 Å². The Morgan fingerprint density at radius 1 is 0.481 bits per heavy atom. The summed E-state index contributed by atoms with van der Waals surface area (Å²) in [7, 11) is 0. The molecule has 262 valence electrons. The maximum Gasteiger partial charge on any atom is 0.418 e. The van der Waals surface area contributed by atoms with Gasteiger partial charge in [-0.2, -0.15) is 41.6 Å². The van der Waals surface area contributed by atoms with Crippen molar-refractivity contribution in [1.29, 1.82) is 5.26 Å². The molecular formula is C42H22F6N6. The second kappa shape index (κ2) is 12.0. The van der Waals surface area contributed by atoms with Crippen molar-refractivity contribution in [2.24, 2.45) is 0 Å². The Hall–Kier alpha value is -7.00. The van der Waals surface area contributed by atoms with Crippen LogP contribution in [0.2, 0.25) is 0 Å². The molecular weight excluding hydrogens is 702 g/mol. The van der Waals surface area contributed by atoms with E-state index in [1.165, 1.54) is 4.57 Å². The third-order valence-electron chi connectivity index (χ3n) is 9.44. The van der Waals surface area contributed by atoms with E-state index in [2.05, 4.69) is 0 Å². The highest BCUT2D eigenvalue weighted by atomic mass is 19.4. The van der Waals surface area contributed by atoms with Crippen LogP contribution >= 0.6 is 0 Å². The summed E-state index contributed by atoms with van der Waals surface area (Å²) in [5.74, 6) is 1.15. The van der Waals surface area contributed by atoms with E-state index in [9.17, 15) is 31.6 Å². The molecule has 3 heterocycles. The summed E-state index contributed by atoms with van der Waals surface area (Å²) in [6.45, 7) is 0. The number of halogens is 6. The lowest BCUT2D eigenvalue weighted by Crippen LogP contribution is -2.16. The van der Waals surface area contributed by atoms with Gasteiger partial charge in [0.05, 0.1) is 44.4 Å². The number of fused-ring (bicyclic) bond motifs is 6. The molecule has 0 spiro atoms. The fraction of sp³-hybridized carbons (Fsp3) is 0.0476. The first kappa shape index (κ1) is 32.9. The van der Waals surface area contributed by atoms with E-state index >= 15 is 0 Å². The Bertz CT molecular complexity index is 2920. The summed E-state index contributed by atoms with van der Waals surface area (Å²) in [5.41, 5.74) is -1.23. The largest absolute Gasteiger partial charge is 0.418 e. The van der Waals surface area contributed by atoms with Crippen LogP contribution in [0.5, 0.6) is 0 Å². The molecule has 0 bridgehead atoms. The molecule has 0 saturated heterocycles. The van der Waals surface area contributed by atoms with Crippen LogP contribution in [0, 0.1) is 11.3 Å². The maximum atomic E-state index is 14.8. The van der Waals surface area contributed by atoms with Gasteiger partial charge in [-0.25, -0.2) is 4.98 Å². The van der Waals surface area contributed by atoms with Crippen LogP contribution in [0.3, 0.4) is 0 Å². The van der Waals surface area contributed by atoms with E-state index < -0.39 is 34.7 Å². The molecule has 12 heteroatoms. The van der Waals surface area contributed by atoms with Gasteiger partial charge in [-0.3, -0.25) is 4.57 Å². The average molecular weight is 725 g/mol. The first-order chi connectivity index (χ1) is 26.0. The van der Waals surface area contributed by atoms with Crippen molar-refractivity contribution in [3.05, 3.63) is 150 Å². The first-order valence-corrected chi connectivity index (χ1v) is 16.6. The zero-order valence-corrected chi connectivity index (χ0v) is 27.7. The quantitative estimate of drug-likeness (QED) is 0.169. The average Bonchev–Trinajstić information content (AvgIpc) is 3.68. The van der Waals surface area contributed by atoms with Gasteiger partial charge in [0, 0.05) is 32.7 Å². The normalized spacial score (nSPS) is 12.2. The van der Waals surface area contributed by atoms with E-state index in [4.69, 9.17) is 15.0 Å². The highest BCUT2D eigenvalue weighted by Gasteiger charge is 2.41. The molecule has 54 heavy (non-hydrogen) atoms. The van der Waals surface area contributed by atoms with Gasteiger partial charge in [0.1, 0.15) is 6.07 Å². The summed E-state index contributed by atoms with van der Waals surface area (Å²) in [4.78, 5) is 14.7. The lowest BCUT2D eigenvalue weighted by Gasteiger charge is -2.19. The van der Waals surface area contributed by atoms with Gasteiger partial charge < -0.3 is 4.57 Å². The van der Waals surface area contributed by atoms with Crippen molar-refractivity contribution in [1.82, 2.24) is 24.1 Å². The third-order valence-corrected chi connectivity index (χ3v) is 9.44. The molecule has 9 aromatic rings. The smallest absolute Gasteiger partial charge is 0.307 e. The van der Waals surface area contributed by atoms with Crippen molar-refractivity contribution in [3.63, 3.8) is 0 Å². The minimum atomic E-state index is -5.23. The lowest BCUT2D eigenvalue weighted by molar-refractivity contribution is -0.143. The van der Waals surface area contributed by atoms with Crippen LogP contribution < -0.4 is 0 Å². The van der Waals surface area contributed by atoms with Crippen LogP contribution in [0.1, 0.15) is 16.7 Å². The Balaban J connectivity index is 1.40. The van der Waals surface area contributed by atoms with Crippen LogP contribution in [0.25, 0.3) is 78.0 Å². The summed E-state index contributed by atoms with van der Waals surface area (Å²) in [6, 6.07) is 38.6. The molecule has 0 unspecified atom stereocenters. The molecule has 0 aliphatic carbocycles. The number of nitriles is 1. The van der Waals surface area contributed by atoms with Gasteiger partial charge >= 0.3 is 12.4 Å². The van der Waals surface area contributed by atoms with Crippen molar-refractivity contribution in [3.8, 4) is 40.5 Å². The fourth-order valence-corrected chi connectivity index (χ4v) is 7.12. The predicted octanol–water partition coefficient (Wildman–Crippen LogP) is 11.3. The molecule has 6 nitrogen and oxygen atoms in total. The van der Waals surface area contributed by atoms with E-state index in [0.717, 1.165) is 16.5 Å². The summed E-state index contributed by atoms with van der Waals surface area (Å²) >= 11 is 0. The molecule has 0 aliphatic rings. The Morgan fingerprint density at radius 2 is 0.963 bits per heavy atom. The van der Waals surface area contributed by atoms with Crippen LogP contribution in [-0.2, 0) is 12.4 Å². The summed E-state index contributed by atoms with van der Waals surface area (Å²) in [5, 5.41) is 12.4. The third kappa shape index (κ3) is 5.24. The van der Waals surface area contributed by atoms with Crippen molar-refractivity contribution in [2.75, 3.05) is 0 Å². The number of alkyl halides is 6. The highest BCUT2D eigenvalue weighted by molar-refractivity contribution is 6.19. The Morgan fingerprint density at radius 3 is 1.46 bits per heavy atom. The van der Waals surface area contributed by atoms with Gasteiger partial charge in [-0.1, -0.05) is 97.1 Å². The number of nitrogens with zero attached hydrogens (tertiary/aromatic N) is 6. The van der Waals surface area contributed by atoms with Crippen LogP contribution in [-0.4, -0.2) is 24.1 Å². The van der Waals surface area contributed by atoms with E-state index in [0.29, 0.717) is 50.9 Å². The molecule has 0 atom stereocenters. The molecule has 0 radical (unpaired) electrons. The van der Waals surface area contributed by atoms with Gasteiger partial charge in [0.25, 0.3) is 0 Å². The summed E-state index contributed by atoms with van der Waals surface area (Å²) < 4.78 is 89.0. The van der Waals surface area contributed by atoms with E-state index in [1.54, 1.807) is 36.4 Å². The molecule has 0 amide bonds. The minimum absolute atomic E-state index is 0.0661. The zero-order chi connectivity index (χ0) is 37.4. The SMILES string of the molecule is N#Cc1cc(C(F)(F)F)cc(C(F)(F)F)c1-n1c2ccccc2c2cc3c(cc21)c1ccccc1n3-c1nc(-c2ccccc2)nc(-c2ccccc2)n1. The van der Waals surface area contributed by atoms with E-state index in [1.807, 2.05) is 95.6 Å². The Kier molecular flexibility index (Phi) is 7.32. The monoisotopic (exact) mass is 724 g/mol. The van der Waals surface area contributed by atoms with Crippen LogP contribution in [0.15, 0.2) is 133 Å². The standard InChI is InChI=1S/C42H22F6N6/c43-41(44,45)27-19-26(23-49)37(32(20-27)42(46,47)48)53-33-17-9-7-15-28(33)30-22-36-31(21-35(30)53)29-16-8-10-18-34(29)54(36)40-51-38(24-11-3-1-4-12-24)50-39(52-40)25-13-5-2-6-14-25/h1-22H. The topological polar surface area (TPSA) is 72.3 Å². The van der Waals surface area contributed by atoms with Gasteiger partial charge in [-0.05, 0) is 36.4 Å². The molecule has 0 saturated carbocycles. The fourth-order valence-electron chi connectivity index (χ4n) is 7.12. The summed E-state index contributed by atoms with van der Waals surface area (Å²) in [6.07, 6.45) is -10.3. The first-order valence-electron chi connectivity index (χ1n) is 16.6. The number of benzene rings is 6.